The minimum absolute atomic E-state index is 0.0909. The monoisotopic (exact) mass is 280 g/mol. The van der Waals surface area contributed by atoms with Crippen LogP contribution in [0.3, 0.4) is 0 Å². The average Bonchev–Trinajstić information content (AvgIpc) is 2.82. The minimum atomic E-state index is -3.25. The van der Waals surface area contributed by atoms with Gasteiger partial charge in [0, 0.05) is 33.2 Å². The second-order valence-corrected chi connectivity index (χ2v) is 6.51. The Hall–Kier alpha value is -0.210. The Morgan fingerprint density at radius 1 is 1.39 bits per heavy atom. The fraction of sp³-hybridized carbons (Fsp3) is 1.00. The van der Waals surface area contributed by atoms with Gasteiger partial charge in [0.25, 0.3) is 0 Å². The second kappa shape index (κ2) is 7.40. The lowest BCUT2D eigenvalue weighted by atomic mass is 10.0. The van der Waals surface area contributed by atoms with E-state index in [4.69, 9.17) is 9.47 Å². The molecule has 1 aliphatic rings. The van der Waals surface area contributed by atoms with E-state index in [-0.39, 0.29) is 12.3 Å². The van der Waals surface area contributed by atoms with Crippen LogP contribution in [0.25, 0.3) is 0 Å². The standard InChI is InChI=1S/C11H24N2O4S/c1-3-5-12-6-8-18(14,15)13-9-11(16-2)4-7-17-10-11/h12-13H,3-10H2,1-2H3. The molecule has 1 heterocycles. The van der Waals surface area contributed by atoms with Gasteiger partial charge in [-0.05, 0) is 13.0 Å². The van der Waals surface area contributed by atoms with Gasteiger partial charge in [0.05, 0.1) is 12.4 Å². The third-order valence-corrected chi connectivity index (χ3v) is 4.41. The molecule has 108 valence electrons. The number of rotatable bonds is 9. The van der Waals surface area contributed by atoms with Crippen LogP contribution in [0, 0.1) is 0 Å². The van der Waals surface area contributed by atoms with Crippen LogP contribution in [0.5, 0.6) is 0 Å². The number of hydrogen-bond acceptors (Lipinski definition) is 5. The van der Waals surface area contributed by atoms with Crippen molar-refractivity contribution < 1.29 is 17.9 Å². The smallest absolute Gasteiger partial charge is 0.212 e. The zero-order chi connectivity index (χ0) is 13.5. The van der Waals surface area contributed by atoms with Crippen molar-refractivity contribution in [3.05, 3.63) is 0 Å². The number of nitrogens with one attached hydrogen (secondary N) is 2. The van der Waals surface area contributed by atoms with Gasteiger partial charge in [-0.3, -0.25) is 0 Å². The Balaban J connectivity index is 2.31. The summed E-state index contributed by atoms with van der Waals surface area (Å²) >= 11 is 0. The Bertz CT molecular complexity index is 326. The summed E-state index contributed by atoms with van der Waals surface area (Å²) in [6.45, 7) is 4.69. The first-order valence-corrected chi connectivity index (χ1v) is 8.00. The highest BCUT2D eigenvalue weighted by atomic mass is 32.2. The predicted molar refractivity (Wildman–Crippen MR) is 70.1 cm³/mol. The highest BCUT2D eigenvalue weighted by molar-refractivity contribution is 7.89. The van der Waals surface area contributed by atoms with E-state index in [0.29, 0.717) is 19.8 Å². The summed E-state index contributed by atoms with van der Waals surface area (Å²) in [7, 11) is -1.66. The summed E-state index contributed by atoms with van der Waals surface area (Å²) in [5.74, 6) is 0.0909. The fourth-order valence-corrected chi connectivity index (χ4v) is 2.82. The largest absolute Gasteiger partial charge is 0.378 e. The van der Waals surface area contributed by atoms with E-state index < -0.39 is 15.6 Å². The maximum Gasteiger partial charge on any atom is 0.212 e. The predicted octanol–water partition coefficient (Wildman–Crippen LogP) is -0.289. The molecule has 0 spiro atoms. The van der Waals surface area contributed by atoms with Crippen LogP contribution >= 0.6 is 0 Å². The maximum atomic E-state index is 11.8. The van der Waals surface area contributed by atoms with Crippen molar-refractivity contribution in [2.75, 3.05) is 45.7 Å². The van der Waals surface area contributed by atoms with Crippen LogP contribution < -0.4 is 10.0 Å². The number of ether oxygens (including phenoxy) is 2. The normalized spacial score (nSPS) is 24.6. The van der Waals surface area contributed by atoms with Gasteiger partial charge in [0.15, 0.2) is 0 Å². The molecule has 0 saturated carbocycles. The average molecular weight is 280 g/mol. The van der Waals surface area contributed by atoms with Crippen LogP contribution in [-0.2, 0) is 19.5 Å². The molecular formula is C11H24N2O4S. The van der Waals surface area contributed by atoms with Crippen LogP contribution in [-0.4, -0.2) is 59.7 Å². The molecule has 0 aromatic rings. The van der Waals surface area contributed by atoms with Gasteiger partial charge < -0.3 is 14.8 Å². The van der Waals surface area contributed by atoms with Crippen molar-refractivity contribution in [2.24, 2.45) is 0 Å². The molecule has 1 unspecified atom stereocenters. The van der Waals surface area contributed by atoms with E-state index in [1.165, 1.54) is 0 Å². The quantitative estimate of drug-likeness (QED) is 0.568. The molecule has 18 heavy (non-hydrogen) atoms. The van der Waals surface area contributed by atoms with E-state index in [0.717, 1.165) is 19.4 Å². The summed E-state index contributed by atoms with van der Waals surface area (Å²) in [6, 6.07) is 0. The number of sulfonamides is 1. The Labute approximate surface area is 109 Å². The molecule has 1 fully saturated rings. The molecule has 7 heteroatoms. The second-order valence-electron chi connectivity index (χ2n) is 4.58. The fourth-order valence-electron chi connectivity index (χ4n) is 1.78. The van der Waals surface area contributed by atoms with Gasteiger partial charge >= 0.3 is 0 Å². The van der Waals surface area contributed by atoms with Gasteiger partial charge in [0.2, 0.25) is 10.0 Å². The highest BCUT2D eigenvalue weighted by Gasteiger charge is 2.35. The highest BCUT2D eigenvalue weighted by Crippen LogP contribution is 2.21. The first kappa shape index (κ1) is 15.8. The lowest BCUT2D eigenvalue weighted by Gasteiger charge is -2.25. The summed E-state index contributed by atoms with van der Waals surface area (Å²) in [6.07, 6.45) is 1.72. The van der Waals surface area contributed by atoms with Gasteiger partial charge in [-0.1, -0.05) is 6.92 Å². The van der Waals surface area contributed by atoms with Crippen LogP contribution in [0.1, 0.15) is 19.8 Å². The molecule has 6 nitrogen and oxygen atoms in total. The minimum Gasteiger partial charge on any atom is -0.378 e. The van der Waals surface area contributed by atoms with Crippen molar-refractivity contribution in [2.45, 2.75) is 25.4 Å². The molecule has 2 N–H and O–H groups in total. The van der Waals surface area contributed by atoms with Crippen molar-refractivity contribution in [3.8, 4) is 0 Å². The molecule has 1 rings (SSSR count). The van der Waals surface area contributed by atoms with Crippen molar-refractivity contribution >= 4 is 10.0 Å². The molecular weight excluding hydrogens is 256 g/mol. The van der Waals surface area contributed by atoms with Crippen molar-refractivity contribution in [3.63, 3.8) is 0 Å². The third kappa shape index (κ3) is 5.19. The van der Waals surface area contributed by atoms with E-state index in [2.05, 4.69) is 10.0 Å². The van der Waals surface area contributed by atoms with E-state index >= 15 is 0 Å². The van der Waals surface area contributed by atoms with Crippen LogP contribution in [0.4, 0.5) is 0 Å². The van der Waals surface area contributed by atoms with Crippen LogP contribution in [0.2, 0.25) is 0 Å². The van der Waals surface area contributed by atoms with Crippen molar-refractivity contribution in [1.82, 2.24) is 10.0 Å². The summed E-state index contributed by atoms with van der Waals surface area (Å²) < 4.78 is 36.7. The molecule has 0 radical (unpaired) electrons. The molecule has 0 aliphatic carbocycles. The third-order valence-electron chi connectivity index (χ3n) is 3.09. The number of hydrogen-bond donors (Lipinski definition) is 2. The van der Waals surface area contributed by atoms with Gasteiger partial charge in [0.1, 0.15) is 5.60 Å². The lowest BCUT2D eigenvalue weighted by Crippen LogP contribution is -2.46. The SMILES string of the molecule is CCCNCCS(=O)(=O)NCC1(OC)CCOC1. The van der Waals surface area contributed by atoms with Gasteiger partial charge in [-0.2, -0.15) is 0 Å². The zero-order valence-corrected chi connectivity index (χ0v) is 12.0. The lowest BCUT2D eigenvalue weighted by molar-refractivity contribution is -0.0120. The molecule has 0 aromatic carbocycles. The Morgan fingerprint density at radius 3 is 2.72 bits per heavy atom. The van der Waals surface area contributed by atoms with Crippen LogP contribution in [0.15, 0.2) is 0 Å². The Kier molecular flexibility index (Phi) is 6.51. The summed E-state index contributed by atoms with van der Waals surface area (Å²) in [4.78, 5) is 0. The van der Waals surface area contributed by atoms with Crippen molar-refractivity contribution in [1.29, 1.82) is 0 Å². The Morgan fingerprint density at radius 2 is 2.17 bits per heavy atom. The molecule has 0 amide bonds. The molecule has 1 aliphatic heterocycles. The van der Waals surface area contributed by atoms with E-state index in [9.17, 15) is 8.42 Å². The van der Waals surface area contributed by atoms with Gasteiger partial charge in [-0.25, -0.2) is 13.1 Å². The molecule has 0 bridgehead atoms. The first-order valence-electron chi connectivity index (χ1n) is 6.34. The van der Waals surface area contributed by atoms with Gasteiger partial charge in [-0.15, -0.1) is 0 Å². The first-order chi connectivity index (χ1) is 8.54. The zero-order valence-electron chi connectivity index (χ0n) is 11.2. The summed E-state index contributed by atoms with van der Waals surface area (Å²) in [5, 5.41) is 3.07. The van der Waals surface area contributed by atoms with E-state index in [1.807, 2.05) is 6.92 Å². The maximum absolute atomic E-state index is 11.8. The number of methoxy groups -OCH3 is 1. The molecule has 0 aromatic heterocycles. The molecule has 1 saturated heterocycles. The summed E-state index contributed by atoms with van der Waals surface area (Å²) in [5.41, 5.74) is -0.496. The van der Waals surface area contributed by atoms with E-state index in [1.54, 1.807) is 7.11 Å². The topological polar surface area (TPSA) is 76.7 Å². The molecule has 1 atom stereocenters.